The van der Waals surface area contributed by atoms with Crippen LogP contribution in [0.5, 0.6) is 0 Å². The third-order valence-corrected chi connectivity index (χ3v) is 2.33. The van der Waals surface area contributed by atoms with Crippen molar-refractivity contribution >= 4 is 11.7 Å². The number of benzene rings is 1. The summed E-state index contributed by atoms with van der Waals surface area (Å²) in [5.41, 5.74) is 4.33. The average molecular weight is 223 g/mol. The molecule has 1 aromatic carbocycles. The van der Waals surface area contributed by atoms with E-state index in [1.54, 1.807) is 6.07 Å². The van der Waals surface area contributed by atoms with Crippen LogP contribution in [0.1, 0.15) is 31.7 Å². The average Bonchev–Trinajstić information content (AvgIpc) is 2.27. The summed E-state index contributed by atoms with van der Waals surface area (Å²) in [4.78, 5) is 16.1. The number of nitrogens with one attached hydrogen (secondary N) is 1. The minimum absolute atomic E-state index is 0.455. The van der Waals surface area contributed by atoms with Gasteiger partial charge in [-0.3, -0.25) is 15.1 Å². The quantitative estimate of drug-likeness (QED) is 0.728. The molecule has 0 amide bonds. The van der Waals surface area contributed by atoms with Crippen LogP contribution in [-0.2, 0) is 9.63 Å². The van der Waals surface area contributed by atoms with Crippen LogP contribution in [0.25, 0.3) is 0 Å². The van der Waals surface area contributed by atoms with Crippen molar-refractivity contribution in [1.82, 2.24) is 0 Å². The highest BCUT2D eigenvalue weighted by atomic mass is 16.6. The van der Waals surface area contributed by atoms with Gasteiger partial charge in [0, 0.05) is 0 Å². The number of anilines is 1. The molecule has 0 saturated carbocycles. The highest BCUT2D eigenvalue weighted by molar-refractivity contribution is 5.76. The van der Waals surface area contributed by atoms with Gasteiger partial charge in [-0.05, 0) is 31.0 Å². The van der Waals surface area contributed by atoms with E-state index in [-0.39, 0.29) is 0 Å². The maximum atomic E-state index is 11.0. The van der Waals surface area contributed by atoms with Crippen LogP contribution in [0, 0.1) is 0 Å². The van der Waals surface area contributed by atoms with Crippen molar-refractivity contribution in [3.8, 4) is 0 Å². The van der Waals surface area contributed by atoms with E-state index in [1.807, 2.05) is 32.0 Å². The number of hydrogen-bond acceptors (Lipinski definition) is 3. The van der Waals surface area contributed by atoms with Gasteiger partial charge in [0.2, 0.25) is 0 Å². The van der Waals surface area contributed by atoms with Gasteiger partial charge < -0.3 is 5.11 Å². The fourth-order valence-electron chi connectivity index (χ4n) is 1.53. The van der Waals surface area contributed by atoms with Gasteiger partial charge in [-0.15, -0.1) is 0 Å². The van der Waals surface area contributed by atoms with Gasteiger partial charge in [-0.2, -0.15) is 0 Å². The molecule has 4 heteroatoms. The smallest absolute Gasteiger partial charge is 0.310 e. The normalized spacial score (nSPS) is 12.1. The van der Waals surface area contributed by atoms with E-state index in [1.165, 1.54) is 0 Å². The summed E-state index contributed by atoms with van der Waals surface area (Å²) in [7, 11) is 0. The molecular formula is C12H17NO3. The van der Waals surface area contributed by atoms with E-state index >= 15 is 0 Å². The number of carbonyl (C=O) groups is 1. The lowest BCUT2D eigenvalue weighted by atomic mass is 9.96. The van der Waals surface area contributed by atoms with Crippen molar-refractivity contribution in [3.63, 3.8) is 0 Å². The van der Waals surface area contributed by atoms with Crippen molar-refractivity contribution in [2.45, 2.75) is 26.2 Å². The Morgan fingerprint density at radius 3 is 2.81 bits per heavy atom. The molecule has 0 aliphatic heterocycles. The molecule has 16 heavy (non-hydrogen) atoms. The molecule has 0 fully saturated rings. The Morgan fingerprint density at radius 2 is 2.25 bits per heavy atom. The molecule has 0 aromatic heterocycles. The molecule has 2 N–H and O–H groups in total. The van der Waals surface area contributed by atoms with Crippen molar-refractivity contribution in [2.24, 2.45) is 0 Å². The fraction of sp³-hybridized carbons (Fsp3) is 0.417. The first-order valence-electron chi connectivity index (χ1n) is 5.39. The Hall–Kier alpha value is -1.55. The summed E-state index contributed by atoms with van der Waals surface area (Å²) in [5, 5.41) is 9.04. The minimum atomic E-state index is -0.795. The van der Waals surface area contributed by atoms with E-state index in [4.69, 9.17) is 9.94 Å². The van der Waals surface area contributed by atoms with Gasteiger partial charge in [0.05, 0.1) is 18.2 Å². The first-order valence-corrected chi connectivity index (χ1v) is 5.39. The summed E-state index contributed by atoms with van der Waals surface area (Å²) in [6.45, 7) is 4.30. The molecular weight excluding hydrogens is 206 g/mol. The highest BCUT2D eigenvalue weighted by Gasteiger charge is 2.17. The SMILES string of the molecule is CCONc1cccc(C(CC)C(=O)O)c1. The molecule has 0 radical (unpaired) electrons. The van der Waals surface area contributed by atoms with E-state index in [0.29, 0.717) is 13.0 Å². The van der Waals surface area contributed by atoms with Gasteiger partial charge >= 0.3 is 5.97 Å². The number of aliphatic carboxylic acids is 1. The lowest BCUT2D eigenvalue weighted by Crippen LogP contribution is -2.11. The maximum absolute atomic E-state index is 11.0. The number of carboxylic acids is 1. The second kappa shape index (κ2) is 6.12. The number of rotatable bonds is 6. The molecule has 0 aliphatic rings. The van der Waals surface area contributed by atoms with E-state index in [9.17, 15) is 4.79 Å². The van der Waals surface area contributed by atoms with Crippen LogP contribution >= 0.6 is 0 Å². The molecule has 0 bridgehead atoms. The first kappa shape index (κ1) is 12.5. The van der Waals surface area contributed by atoms with Crippen LogP contribution in [-0.4, -0.2) is 17.7 Å². The van der Waals surface area contributed by atoms with Crippen LogP contribution in [0.3, 0.4) is 0 Å². The maximum Gasteiger partial charge on any atom is 0.310 e. The van der Waals surface area contributed by atoms with Gasteiger partial charge in [0.15, 0.2) is 0 Å². The van der Waals surface area contributed by atoms with Crippen LogP contribution in [0.15, 0.2) is 24.3 Å². The third kappa shape index (κ3) is 3.24. The summed E-state index contributed by atoms with van der Waals surface area (Å²) in [6.07, 6.45) is 0.577. The predicted octanol–water partition coefficient (Wildman–Crippen LogP) is 2.63. The predicted molar refractivity (Wildman–Crippen MR) is 62.4 cm³/mol. The molecule has 1 atom stereocenters. The Balaban J connectivity index is 2.83. The van der Waals surface area contributed by atoms with Gasteiger partial charge in [0.25, 0.3) is 0 Å². The second-order valence-electron chi connectivity index (χ2n) is 3.46. The Labute approximate surface area is 95.2 Å². The highest BCUT2D eigenvalue weighted by Crippen LogP contribution is 2.22. The lowest BCUT2D eigenvalue weighted by Gasteiger charge is -2.12. The van der Waals surface area contributed by atoms with Crippen LogP contribution in [0.4, 0.5) is 5.69 Å². The van der Waals surface area contributed by atoms with Crippen molar-refractivity contribution in [3.05, 3.63) is 29.8 Å². The van der Waals surface area contributed by atoms with Crippen LogP contribution in [0.2, 0.25) is 0 Å². The number of carboxylic acid groups (broad SMARTS) is 1. The standard InChI is InChI=1S/C12H17NO3/c1-3-11(12(14)15)9-6-5-7-10(8-9)13-16-4-2/h5-8,11,13H,3-4H2,1-2H3,(H,14,15). The largest absolute Gasteiger partial charge is 0.481 e. The molecule has 0 saturated heterocycles. The van der Waals surface area contributed by atoms with Gasteiger partial charge in [0.1, 0.15) is 0 Å². The number of hydrogen-bond donors (Lipinski definition) is 2. The Kier molecular flexibility index (Phi) is 4.79. The van der Waals surface area contributed by atoms with E-state index in [0.717, 1.165) is 11.3 Å². The fourth-order valence-corrected chi connectivity index (χ4v) is 1.53. The summed E-state index contributed by atoms with van der Waals surface area (Å²) >= 11 is 0. The van der Waals surface area contributed by atoms with Crippen molar-refractivity contribution in [1.29, 1.82) is 0 Å². The molecule has 0 heterocycles. The lowest BCUT2D eigenvalue weighted by molar-refractivity contribution is -0.138. The molecule has 4 nitrogen and oxygen atoms in total. The molecule has 88 valence electrons. The van der Waals surface area contributed by atoms with Crippen molar-refractivity contribution in [2.75, 3.05) is 12.1 Å². The summed E-state index contributed by atoms with van der Waals surface area (Å²) in [6, 6.07) is 7.29. The molecule has 0 spiro atoms. The topological polar surface area (TPSA) is 58.6 Å². The second-order valence-corrected chi connectivity index (χ2v) is 3.46. The zero-order chi connectivity index (χ0) is 12.0. The third-order valence-electron chi connectivity index (χ3n) is 2.33. The minimum Gasteiger partial charge on any atom is -0.481 e. The van der Waals surface area contributed by atoms with E-state index < -0.39 is 11.9 Å². The summed E-state index contributed by atoms with van der Waals surface area (Å²) < 4.78 is 0. The Morgan fingerprint density at radius 1 is 1.50 bits per heavy atom. The van der Waals surface area contributed by atoms with Gasteiger partial charge in [-0.1, -0.05) is 19.1 Å². The molecule has 1 unspecified atom stereocenters. The summed E-state index contributed by atoms with van der Waals surface area (Å²) in [5.74, 6) is -1.25. The van der Waals surface area contributed by atoms with Crippen LogP contribution < -0.4 is 5.48 Å². The monoisotopic (exact) mass is 223 g/mol. The molecule has 0 aliphatic carbocycles. The zero-order valence-electron chi connectivity index (χ0n) is 9.56. The van der Waals surface area contributed by atoms with E-state index in [2.05, 4.69) is 5.48 Å². The van der Waals surface area contributed by atoms with Gasteiger partial charge in [-0.25, -0.2) is 0 Å². The first-order chi connectivity index (χ1) is 7.69. The van der Waals surface area contributed by atoms with Crippen molar-refractivity contribution < 1.29 is 14.7 Å². The zero-order valence-corrected chi connectivity index (χ0v) is 9.56. The Bertz CT molecular complexity index is 352. The molecule has 1 aromatic rings. The molecule has 1 rings (SSSR count).